The largest absolute Gasteiger partial charge is 0.330 e. The van der Waals surface area contributed by atoms with Gasteiger partial charge in [0.1, 0.15) is 12.2 Å². The molecule has 0 aliphatic carbocycles. The fraction of sp³-hybridized carbons (Fsp3) is 0.389. The maximum Gasteiger partial charge on any atom is 0.273 e. The minimum atomic E-state index is -0.221. The van der Waals surface area contributed by atoms with Gasteiger partial charge in [-0.3, -0.25) is 9.59 Å². The number of halogens is 1. The molecule has 1 aromatic carbocycles. The van der Waals surface area contributed by atoms with Crippen molar-refractivity contribution < 1.29 is 9.59 Å². The molecule has 0 aliphatic heterocycles. The lowest BCUT2D eigenvalue weighted by Crippen LogP contribution is -2.38. The highest BCUT2D eigenvalue weighted by atomic mass is 35.5. The van der Waals surface area contributed by atoms with Gasteiger partial charge in [-0.1, -0.05) is 25.1 Å². The normalized spacial score (nSPS) is 10.1. The van der Waals surface area contributed by atoms with Crippen LogP contribution in [0.2, 0.25) is 0 Å². The molecule has 3 N–H and O–H groups in total. The third-order valence-electron chi connectivity index (χ3n) is 3.66. The Morgan fingerprint density at radius 1 is 1.31 bits per heavy atom. The van der Waals surface area contributed by atoms with E-state index in [9.17, 15) is 9.59 Å². The molecule has 2 rings (SSSR count). The summed E-state index contributed by atoms with van der Waals surface area (Å²) in [5, 5.41) is 5.43. The summed E-state index contributed by atoms with van der Waals surface area (Å²) in [5.41, 5.74) is 7.64. The van der Waals surface area contributed by atoms with Gasteiger partial charge in [-0.05, 0) is 31.5 Å². The molecule has 0 saturated heterocycles. The summed E-state index contributed by atoms with van der Waals surface area (Å²) in [6.45, 7) is 4.91. The highest BCUT2D eigenvalue weighted by Gasteiger charge is 2.21. The number of hydrogen-bond donors (Lipinski definition) is 2. The second-order valence-electron chi connectivity index (χ2n) is 5.75. The van der Waals surface area contributed by atoms with Gasteiger partial charge in [0.15, 0.2) is 0 Å². The zero-order chi connectivity index (χ0) is 18.2. The quantitative estimate of drug-likeness (QED) is 0.718. The number of anilines is 1. The van der Waals surface area contributed by atoms with Gasteiger partial charge >= 0.3 is 0 Å². The average Bonchev–Trinajstić information content (AvgIpc) is 3.05. The molecular formula is C18H25ClN4O2S. The molecule has 6 nitrogen and oxygen atoms in total. The Morgan fingerprint density at radius 3 is 2.69 bits per heavy atom. The monoisotopic (exact) mass is 396 g/mol. The van der Waals surface area contributed by atoms with E-state index in [-0.39, 0.29) is 30.8 Å². The van der Waals surface area contributed by atoms with Crippen LogP contribution in [0.3, 0.4) is 0 Å². The fourth-order valence-electron chi connectivity index (χ4n) is 2.41. The number of amides is 2. The molecule has 0 aliphatic rings. The molecular weight excluding hydrogens is 372 g/mol. The van der Waals surface area contributed by atoms with Gasteiger partial charge in [-0.2, -0.15) is 0 Å². The van der Waals surface area contributed by atoms with Crippen molar-refractivity contribution in [1.82, 2.24) is 9.88 Å². The predicted molar refractivity (Wildman–Crippen MR) is 108 cm³/mol. The van der Waals surface area contributed by atoms with Crippen molar-refractivity contribution in [2.75, 3.05) is 25.0 Å². The van der Waals surface area contributed by atoms with E-state index >= 15 is 0 Å². The van der Waals surface area contributed by atoms with Crippen LogP contribution in [0.5, 0.6) is 0 Å². The highest BCUT2D eigenvalue weighted by molar-refractivity contribution is 7.09. The Hall–Kier alpha value is -1.96. The molecule has 0 fully saturated rings. The van der Waals surface area contributed by atoms with E-state index in [2.05, 4.69) is 10.3 Å². The van der Waals surface area contributed by atoms with E-state index < -0.39 is 0 Å². The van der Waals surface area contributed by atoms with E-state index in [1.54, 1.807) is 5.38 Å². The maximum absolute atomic E-state index is 12.7. The number of para-hydroxylation sites is 1. The van der Waals surface area contributed by atoms with Gasteiger partial charge in [0.25, 0.3) is 5.91 Å². The standard InChI is InChI=1S/C18H24N4O2S.ClH/c1-3-10-22(18(24)15-12-25-17(21-15)8-9-19)11-16(23)20-14-7-5-4-6-13(14)2;/h4-7,12H,3,8-11,19H2,1-2H3,(H,20,23);1H. The van der Waals surface area contributed by atoms with E-state index in [1.807, 2.05) is 38.1 Å². The number of carbonyl (C=O) groups is 2. The molecule has 1 aromatic heterocycles. The number of nitrogens with one attached hydrogen (secondary N) is 1. The summed E-state index contributed by atoms with van der Waals surface area (Å²) in [6.07, 6.45) is 1.42. The predicted octanol–water partition coefficient (Wildman–Crippen LogP) is 2.87. The average molecular weight is 397 g/mol. The summed E-state index contributed by atoms with van der Waals surface area (Å²) < 4.78 is 0. The number of aromatic nitrogens is 1. The Balaban J connectivity index is 0.00000338. The summed E-state index contributed by atoms with van der Waals surface area (Å²) in [6, 6.07) is 7.56. The molecule has 2 aromatic rings. The summed E-state index contributed by atoms with van der Waals surface area (Å²) in [4.78, 5) is 30.9. The second kappa shape index (κ2) is 10.9. The molecule has 2 amide bonds. The minimum Gasteiger partial charge on any atom is -0.330 e. The molecule has 0 atom stereocenters. The summed E-state index contributed by atoms with van der Waals surface area (Å²) in [7, 11) is 0. The minimum absolute atomic E-state index is 0. The molecule has 0 radical (unpaired) electrons. The Kier molecular flexibility index (Phi) is 9.26. The first-order valence-corrected chi connectivity index (χ1v) is 9.22. The third kappa shape index (κ3) is 6.09. The number of carbonyl (C=O) groups excluding carboxylic acids is 2. The first-order valence-electron chi connectivity index (χ1n) is 8.34. The number of benzene rings is 1. The van der Waals surface area contributed by atoms with E-state index in [4.69, 9.17) is 5.73 Å². The van der Waals surface area contributed by atoms with Crippen molar-refractivity contribution in [3.8, 4) is 0 Å². The lowest BCUT2D eigenvalue weighted by atomic mass is 10.2. The van der Waals surface area contributed by atoms with Crippen LogP contribution in [0.1, 0.15) is 34.4 Å². The topological polar surface area (TPSA) is 88.3 Å². The van der Waals surface area contributed by atoms with E-state index in [0.717, 1.165) is 22.7 Å². The molecule has 142 valence electrons. The van der Waals surface area contributed by atoms with E-state index in [1.165, 1.54) is 16.2 Å². The van der Waals surface area contributed by atoms with Crippen LogP contribution < -0.4 is 11.1 Å². The van der Waals surface area contributed by atoms with Gasteiger partial charge < -0.3 is 16.0 Å². The number of nitrogens with zero attached hydrogens (tertiary/aromatic N) is 2. The molecule has 0 saturated carbocycles. The molecule has 1 heterocycles. The van der Waals surface area contributed by atoms with Crippen molar-refractivity contribution in [3.63, 3.8) is 0 Å². The fourth-order valence-corrected chi connectivity index (χ4v) is 3.20. The van der Waals surface area contributed by atoms with Crippen molar-refractivity contribution in [3.05, 3.63) is 45.9 Å². The lowest BCUT2D eigenvalue weighted by molar-refractivity contribution is -0.116. The number of aryl methyl sites for hydroxylation is 1. The molecule has 8 heteroatoms. The van der Waals surface area contributed by atoms with Crippen LogP contribution >= 0.6 is 23.7 Å². The number of rotatable bonds is 8. The van der Waals surface area contributed by atoms with Crippen molar-refractivity contribution in [2.24, 2.45) is 5.73 Å². The van der Waals surface area contributed by atoms with E-state index in [0.29, 0.717) is 25.2 Å². The Labute approximate surface area is 164 Å². The smallest absolute Gasteiger partial charge is 0.273 e. The SMILES string of the molecule is CCCN(CC(=O)Nc1ccccc1C)C(=O)c1csc(CCN)n1.Cl. The van der Waals surface area contributed by atoms with Gasteiger partial charge in [-0.15, -0.1) is 23.7 Å². The first-order chi connectivity index (χ1) is 12.0. The first kappa shape index (κ1) is 22.1. The summed E-state index contributed by atoms with van der Waals surface area (Å²) >= 11 is 1.42. The molecule has 0 unspecified atom stereocenters. The van der Waals surface area contributed by atoms with Crippen LogP contribution in [-0.4, -0.2) is 41.3 Å². The van der Waals surface area contributed by atoms with Crippen molar-refractivity contribution in [2.45, 2.75) is 26.7 Å². The molecule has 0 spiro atoms. The second-order valence-corrected chi connectivity index (χ2v) is 6.70. The van der Waals surface area contributed by atoms with Gasteiger partial charge in [0, 0.05) is 24.0 Å². The zero-order valence-electron chi connectivity index (χ0n) is 15.0. The van der Waals surface area contributed by atoms with Crippen LogP contribution in [0.4, 0.5) is 5.69 Å². The van der Waals surface area contributed by atoms with Crippen molar-refractivity contribution in [1.29, 1.82) is 0 Å². The summed E-state index contributed by atoms with van der Waals surface area (Å²) in [5.74, 6) is -0.435. The lowest BCUT2D eigenvalue weighted by Gasteiger charge is -2.21. The Bertz CT molecular complexity index is 735. The molecule has 0 bridgehead atoms. The van der Waals surface area contributed by atoms with Crippen LogP contribution in [0.15, 0.2) is 29.6 Å². The number of nitrogens with two attached hydrogens (primary N) is 1. The van der Waals surface area contributed by atoms with Crippen molar-refractivity contribution >= 4 is 41.2 Å². The zero-order valence-corrected chi connectivity index (χ0v) is 16.7. The Morgan fingerprint density at radius 2 is 2.04 bits per heavy atom. The number of thiazole rings is 1. The van der Waals surface area contributed by atoms with Gasteiger partial charge in [-0.25, -0.2) is 4.98 Å². The van der Waals surface area contributed by atoms with Crippen LogP contribution in [-0.2, 0) is 11.2 Å². The highest BCUT2D eigenvalue weighted by Crippen LogP contribution is 2.15. The van der Waals surface area contributed by atoms with Gasteiger partial charge in [0.05, 0.1) is 5.01 Å². The maximum atomic E-state index is 12.7. The van der Waals surface area contributed by atoms with Crippen LogP contribution in [0, 0.1) is 6.92 Å². The number of hydrogen-bond acceptors (Lipinski definition) is 5. The third-order valence-corrected chi connectivity index (χ3v) is 4.57. The van der Waals surface area contributed by atoms with Gasteiger partial charge in [0.2, 0.25) is 5.91 Å². The molecule has 26 heavy (non-hydrogen) atoms. The van der Waals surface area contributed by atoms with Crippen LogP contribution in [0.25, 0.3) is 0 Å².